The molecule has 1 unspecified atom stereocenters. The number of carboxylic acid groups (broad SMARTS) is 1. The van der Waals surface area contributed by atoms with Crippen LogP contribution in [0.15, 0.2) is 30.3 Å². The van der Waals surface area contributed by atoms with Gasteiger partial charge in [-0.3, -0.25) is 4.79 Å². The molecule has 0 fully saturated rings. The Morgan fingerprint density at radius 2 is 1.94 bits per heavy atom. The van der Waals surface area contributed by atoms with E-state index in [-0.39, 0.29) is 11.4 Å². The molecule has 1 atom stereocenters. The van der Waals surface area contributed by atoms with E-state index >= 15 is 0 Å². The number of aliphatic carboxylic acids is 1. The molecule has 1 aromatic carbocycles. The number of hydrogen-bond donors (Lipinski definition) is 2. The smallest absolute Gasteiger partial charge is 0.416 e. The van der Waals surface area contributed by atoms with Crippen molar-refractivity contribution in [2.24, 2.45) is 0 Å². The van der Waals surface area contributed by atoms with Gasteiger partial charge in [-0.25, -0.2) is 4.98 Å². The molecule has 1 aliphatic rings. The largest absolute Gasteiger partial charge is 0.481 e. The minimum absolute atomic E-state index is 0.0303. The van der Waals surface area contributed by atoms with Crippen molar-refractivity contribution in [3.05, 3.63) is 57.7 Å². The molecule has 0 bridgehead atoms. The fraction of sp³-hybridized carbons (Fsp3) is 0.500. The molecule has 0 radical (unpaired) electrons. The summed E-state index contributed by atoms with van der Waals surface area (Å²) in [5.41, 5.74) is 1.81. The molecule has 2 aromatic rings. The number of carbonyl (C=O) groups is 1. The minimum Gasteiger partial charge on any atom is -0.481 e. The summed E-state index contributed by atoms with van der Waals surface area (Å²) in [4.78, 5) is 16.0. The normalized spacial score (nSPS) is 14.5. The lowest BCUT2D eigenvalue weighted by molar-refractivity contribution is -0.138. The third kappa shape index (κ3) is 7.12. The summed E-state index contributed by atoms with van der Waals surface area (Å²) in [7, 11) is 0. The van der Waals surface area contributed by atoms with Gasteiger partial charge in [0, 0.05) is 17.3 Å². The van der Waals surface area contributed by atoms with Gasteiger partial charge in [0.15, 0.2) is 0 Å². The third-order valence-electron chi connectivity index (χ3n) is 5.83. The Morgan fingerprint density at radius 1 is 1.16 bits per heavy atom. The van der Waals surface area contributed by atoms with Crippen LogP contribution in [-0.2, 0) is 23.8 Å². The first-order valence-electron chi connectivity index (χ1n) is 11.0. The van der Waals surface area contributed by atoms with Crippen molar-refractivity contribution >= 4 is 23.4 Å². The van der Waals surface area contributed by atoms with Crippen LogP contribution in [0.2, 0.25) is 5.02 Å². The van der Waals surface area contributed by atoms with Gasteiger partial charge in [0.25, 0.3) is 0 Å². The molecule has 0 spiro atoms. The number of pyridine rings is 1. The second-order valence-corrected chi connectivity index (χ2v) is 8.80. The highest BCUT2D eigenvalue weighted by molar-refractivity contribution is 6.30. The minimum atomic E-state index is -4.52. The quantitative estimate of drug-likeness (QED) is 0.374. The number of anilines is 1. The number of unbranched alkanes of at least 4 members (excludes halogenated alkanes) is 3. The van der Waals surface area contributed by atoms with Crippen molar-refractivity contribution in [1.29, 1.82) is 0 Å². The monoisotopic (exact) mass is 468 g/mol. The van der Waals surface area contributed by atoms with E-state index in [2.05, 4.69) is 22.4 Å². The van der Waals surface area contributed by atoms with Gasteiger partial charge in [0.05, 0.1) is 12.0 Å². The van der Waals surface area contributed by atoms with Gasteiger partial charge in [-0.1, -0.05) is 36.9 Å². The number of aryl methyl sites for hydroxylation is 2. The molecule has 3 rings (SSSR count). The lowest BCUT2D eigenvalue weighted by Crippen LogP contribution is -2.13. The molecule has 8 heteroatoms. The third-order valence-corrected chi connectivity index (χ3v) is 6.05. The molecule has 1 aliphatic heterocycles. The zero-order chi connectivity index (χ0) is 23.1. The van der Waals surface area contributed by atoms with Crippen LogP contribution in [0.25, 0.3) is 0 Å². The highest BCUT2D eigenvalue weighted by Gasteiger charge is 2.32. The van der Waals surface area contributed by atoms with Gasteiger partial charge in [0.2, 0.25) is 0 Å². The zero-order valence-electron chi connectivity index (χ0n) is 17.8. The average Bonchev–Trinajstić information content (AvgIpc) is 2.74. The van der Waals surface area contributed by atoms with Gasteiger partial charge in [-0.15, -0.1) is 0 Å². The second-order valence-electron chi connectivity index (χ2n) is 8.36. The highest BCUT2D eigenvalue weighted by Crippen LogP contribution is 2.36. The summed E-state index contributed by atoms with van der Waals surface area (Å²) >= 11 is 5.88. The molecule has 2 heterocycles. The molecule has 2 N–H and O–H groups in total. The highest BCUT2D eigenvalue weighted by atomic mass is 35.5. The number of aromatic nitrogens is 1. The van der Waals surface area contributed by atoms with E-state index in [4.69, 9.17) is 11.6 Å². The predicted molar refractivity (Wildman–Crippen MR) is 119 cm³/mol. The first-order valence-corrected chi connectivity index (χ1v) is 11.4. The van der Waals surface area contributed by atoms with Crippen LogP contribution in [0.4, 0.5) is 19.0 Å². The number of hydrogen-bond acceptors (Lipinski definition) is 3. The van der Waals surface area contributed by atoms with Crippen LogP contribution in [0.5, 0.6) is 0 Å². The van der Waals surface area contributed by atoms with Crippen molar-refractivity contribution in [2.75, 3.05) is 11.9 Å². The van der Waals surface area contributed by atoms with Gasteiger partial charge >= 0.3 is 12.1 Å². The van der Waals surface area contributed by atoms with Crippen molar-refractivity contribution in [1.82, 2.24) is 4.98 Å². The molecule has 0 aliphatic carbocycles. The Labute approximate surface area is 191 Å². The van der Waals surface area contributed by atoms with E-state index < -0.39 is 23.6 Å². The van der Waals surface area contributed by atoms with Crippen LogP contribution in [0.1, 0.15) is 73.2 Å². The van der Waals surface area contributed by atoms with E-state index in [1.807, 2.05) is 0 Å². The number of benzene rings is 1. The molecular formula is C24H28ClF3N2O2. The Balaban J connectivity index is 1.50. The summed E-state index contributed by atoms with van der Waals surface area (Å²) in [6.45, 7) is 0.956. The predicted octanol–water partition coefficient (Wildman–Crippen LogP) is 6.86. The van der Waals surface area contributed by atoms with Gasteiger partial charge in [0.1, 0.15) is 5.82 Å². The molecule has 0 saturated carbocycles. The van der Waals surface area contributed by atoms with Crippen molar-refractivity contribution in [3.63, 3.8) is 0 Å². The SMILES string of the molecule is O=C(O)CC(CCCCCCc1ccc2c(n1)NCCC2)c1cc(Cl)cc(C(F)(F)F)c1. The molecular weight excluding hydrogens is 441 g/mol. The van der Waals surface area contributed by atoms with Gasteiger partial charge in [-0.2, -0.15) is 13.2 Å². The molecule has 0 amide bonds. The first-order chi connectivity index (χ1) is 15.2. The lowest BCUT2D eigenvalue weighted by Gasteiger charge is -2.18. The van der Waals surface area contributed by atoms with Crippen LogP contribution >= 0.6 is 11.6 Å². The van der Waals surface area contributed by atoms with E-state index in [1.165, 1.54) is 11.6 Å². The molecule has 174 valence electrons. The first kappa shape index (κ1) is 24.4. The summed E-state index contributed by atoms with van der Waals surface area (Å²) < 4.78 is 39.3. The standard InChI is InChI=1S/C24H28ClF3N2O2/c25-20-13-18(12-19(15-20)24(26,27)28)17(14-22(31)32)6-3-1-2-4-8-21-10-9-16-7-5-11-29-23(16)30-21/h9-10,12-13,15,17H,1-8,11,14H2,(H,29,30)(H,31,32). The average molecular weight is 469 g/mol. The van der Waals surface area contributed by atoms with Crippen LogP contribution in [0.3, 0.4) is 0 Å². The van der Waals surface area contributed by atoms with Crippen molar-refractivity contribution in [3.8, 4) is 0 Å². The molecule has 32 heavy (non-hydrogen) atoms. The van der Waals surface area contributed by atoms with Crippen LogP contribution in [-0.4, -0.2) is 22.6 Å². The number of carboxylic acids is 1. The maximum atomic E-state index is 13.1. The Kier molecular flexibility index (Phi) is 8.40. The van der Waals surface area contributed by atoms with Crippen molar-refractivity contribution in [2.45, 2.75) is 69.9 Å². The molecule has 1 aromatic heterocycles. The number of halogens is 4. The van der Waals surface area contributed by atoms with E-state index in [0.29, 0.717) is 12.0 Å². The number of rotatable bonds is 10. The Morgan fingerprint density at radius 3 is 2.69 bits per heavy atom. The number of alkyl halides is 3. The van der Waals surface area contributed by atoms with Gasteiger partial charge < -0.3 is 10.4 Å². The maximum absolute atomic E-state index is 13.1. The maximum Gasteiger partial charge on any atom is 0.416 e. The Hall–Kier alpha value is -2.28. The summed E-state index contributed by atoms with van der Waals surface area (Å²) in [6, 6.07) is 7.55. The number of nitrogens with zero attached hydrogens (tertiary/aromatic N) is 1. The van der Waals surface area contributed by atoms with E-state index in [9.17, 15) is 23.1 Å². The number of fused-ring (bicyclic) bond motifs is 1. The zero-order valence-corrected chi connectivity index (χ0v) is 18.6. The van der Waals surface area contributed by atoms with E-state index in [1.54, 1.807) is 0 Å². The Bertz CT molecular complexity index is 934. The summed E-state index contributed by atoms with van der Waals surface area (Å²) in [6.07, 6.45) is 2.37. The van der Waals surface area contributed by atoms with Crippen LogP contribution < -0.4 is 5.32 Å². The van der Waals surface area contributed by atoms with Crippen LogP contribution in [0, 0.1) is 0 Å². The fourth-order valence-electron chi connectivity index (χ4n) is 4.17. The number of nitrogens with one attached hydrogen (secondary N) is 1. The second kappa shape index (κ2) is 11.0. The lowest BCUT2D eigenvalue weighted by atomic mass is 9.89. The topological polar surface area (TPSA) is 62.2 Å². The van der Waals surface area contributed by atoms with Crippen molar-refractivity contribution < 1.29 is 23.1 Å². The summed E-state index contributed by atoms with van der Waals surface area (Å²) in [5, 5.41) is 12.5. The molecule has 0 saturated heterocycles. The van der Waals surface area contributed by atoms with E-state index in [0.717, 1.165) is 75.1 Å². The van der Waals surface area contributed by atoms with Gasteiger partial charge in [-0.05, 0) is 73.4 Å². The fourth-order valence-corrected chi connectivity index (χ4v) is 4.41. The molecule has 4 nitrogen and oxygen atoms in total. The summed E-state index contributed by atoms with van der Waals surface area (Å²) in [5.74, 6) is -0.540.